The van der Waals surface area contributed by atoms with Crippen LogP contribution in [-0.4, -0.2) is 24.6 Å². The highest BCUT2D eigenvalue weighted by atomic mass is 32.2. The van der Waals surface area contributed by atoms with E-state index in [1.165, 1.54) is 38.0 Å². The van der Waals surface area contributed by atoms with Crippen molar-refractivity contribution in [3.05, 3.63) is 0 Å². The Morgan fingerprint density at radius 3 is 2.80 bits per heavy atom. The monoisotopic (exact) mass is 229 g/mol. The molecule has 0 bridgehead atoms. The van der Waals surface area contributed by atoms with Crippen LogP contribution in [0, 0.1) is 11.3 Å². The van der Waals surface area contributed by atoms with Crippen molar-refractivity contribution >= 4 is 11.8 Å². The van der Waals surface area contributed by atoms with E-state index >= 15 is 0 Å². The lowest BCUT2D eigenvalue weighted by molar-refractivity contribution is 0.196. The van der Waals surface area contributed by atoms with Crippen LogP contribution >= 0.6 is 11.8 Å². The zero-order valence-electron chi connectivity index (χ0n) is 10.8. The Kier molecular flexibility index (Phi) is 5.48. The molecule has 2 unspecified atom stereocenters. The van der Waals surface area contributed by atoms with E-state index in [1.807, 2.05) is 11.8 Å². The highest BCUT2D eigenvalue weighted by Gasteiger charge is 2.27. The Bertz CT molecular complexity index is 179. The quantitative estimate of drug-likeness (QED) is 0.774. The van der Waals surface area contributed by atoms with Gasteiger partial charge < -0.3 is 5.32 Å². The minimum atomic E-state index is 0.568. The molecule has 1 nitrogen and oxygen atoms in total. The smallest absolute Gasteiger partial charge is 0.00722 e. The molecule has 0 heterocycles. The average molecular weight is 229 g/mol. The van der Waals surface area contributed by atoms with Crippen LogP contribution in [0.1, 0.15) is 46.5 Å². The molecular formula is C13H27NS. The normalized spacial score (nSPS) is 27.6. The third-order valence-corrected chi connectivity index (χ3v) is 4.31. The van der Waals surface area contributed by atoms with Crippen LogP contribution in [0.2, 0.25) is 0 Å². The lowest BCUT2D eigenvalue weighted by atomic mass is 9.75. The molecular weight excluding hydrogens is 202 g/mol. The molecule has 0 aromatic rings. The van der Waals surface area contributed by atoms with Gasteiger partial charge in [0.1, 0.15) is 0 Å². The van der Waals surface area contributed by atoms with E-state index in [0.717, 1.165) is 12.0 Å². The van der Waals surface area contributed by atoms with Gasteiger partial charge in [-0.1, -0.05) is 27.2 Å². The maximum atomic E-state index is 3.75. The van der Waals surface area contributed by atoms with Gasteiger partial charge in [-0.15, -0.1) is 0 Å². The third kappa shape index (κ3) is 5.26. The molecule has 0 amide bonds. The Labute approximate surface area is 99.8 Å². The molecule has 1 aliphatic rings. The number of thioether (sulfide) groups is 1. The summed E-state index contributed by atoms with van der Waals surface area (Å²) in [5, 5.41) is 3.75. The third-order valence-electron chi connectivity index (χ3n) is 3.41. The zero-order chi connectivity index (χ0) is 11.3. The first kappa shape index (κ1) is 13.4. The van der Waals surface area contributed by atoms with E-state index in [2.05, 4.69) is 32.3 Å². The van der Waals surface area contributed by atoms with Gasteiger partial charge in [0.05, 0.1) is 0 Å². The fourth-order valence-electron chi connectivity index (χ4n) is 2.58. The number of rotatable bonds is 5. The number of hydrogen-bond donors (Lipinski definition) is 1. The van der Waals surface area contributed by atoms with Crippen molar-refractivity contribution in [3.8, 4) is 0 Å². The van der Waals surface area contributed by atoms with Gasteiger partial charge >= 0.3 is 0 Å². The van der Waals surface area contributed by atoms with Crippen molar-refractivity contribution in [2.75, 3.05) is 18.6 Å². The van der Waals surface area contributed by atoms with Crippen LogP contribution in [0.5, 0.6) is 0 Å². The second kappa shape index (κ2) is 6.15. The zero-order valence-corrected chi connectivity index (χ0v) is 11.6. The van der Waals surface area contributed by atoms with E-state index in [1.54, 1.807) is 0 Å². The summed E-state index contributed by atoms with van der Waals surface area (Å²) in [6.07, 6.45) is 7.75. The van der Waals surface area contributed by atoms with Crippen LogP contribution in [0.3, 0.4) is 0 Å². The van der Waals surface area contributed by atoms with Gasteiger partial charge in [-0.05, 0) is 49.1 Å². The summed E-state index contributed by atoms with van der Waals surface area (Å²) in [7, 11) is 0. The molecule has 0 aromatic heterocycles. The first-order valence-electron chi connectivity index (χ1n) is 6.26. The second-order valence-corrected chi connectivity index (χ2v) is 6.84. The van der Waals surface area contributed by atoms with Gasteiger partial charge in [-0.2, -0.15) is 11.8 Å². The fourth-order valence-corrected chi connectivity index (χ4v) is 3.27. The van der Waals surface area contributed by atoms with Gasteiger partial charge in [-0.25, -0.2) is 0 Å². The van der Waals surface area contributed by atoms with Crippen LogP contribution in [-0.2, 0) is 0 Å². The first-order chi connectivity index (χ1) is 7.03. The SMILES string of the molecule is CSCC(C)CNC1CCCC(C)(C)C1. The van der Waals surface area contributed by atoms with E-state index in [9.17, 15) is 0 Å². The summed E-state index contributed by atoms with van der Waals surface area (Å²) >= 11 is 1.96. The molecule has 2 atom stereocenters. The summed E-state index contributed by atoms with van der Waals surface area (Å²) < 4.78 is 0. The van der Waals surface area contributed by atoms with Crippen molar-refractivity contribution in [2.24, 2.45) is 11.3 Å². The van der Waals surface area contributed by atoms with Crippen LogP contribution in [0.4, 0.5) is 0 Å². The molecule has 0 saturated heterocycles. The standard InChI is InChI=1S/C13H27NS/c1-11(10-15-4)9-14-12-6-5-7-13(2,3)8-12/h11-12,14H,5-10H2,1-4H3. The molecule has 15 heavy (non-hydrogen) atoms. The molecule has 1 aliphatic carbocycles. The van der Waals surface area contributed by atoms with Gasteiger partial charge in [0.15, 0.2) is 0 Å². The van der Waals surface area contributed by atoms with Crippen LogP contribution in [0.15, 0.2) is 0 Å². The topological polar surface area (TPSA) is 12.0 Å². The molecule has 2 heteroatoms. The Hall–Kier alpha value is 0.310. The van der Waals surface area contributed by atoms with Crippen LogP contribution in [0.25, 0.3) is 0 Å². The Morgan fingerprint density at radius 1 is 1.47 bits per heavy atom. The maximum Gasteiger partial charge on any atom is 0.00722 e. The molecule has 0 spiro atoms. The van der Waals surface area contributed by atoms with Gasteiger partial charge in [-0.3, -0.25) is 0 Å². The predicted octanol–water partition coefficient (Wildman–Crippen LogP) is 3.54. The number of nitrogens with one attached hydrogen (secondary N) is 1. The largest absolute Gasteiger partial charge is 0.314 e. The second-order valence-electron chi connectivity index (χ2n) is 5.93. The highest BCUT2D eigenvalue weighted by molar-refractivity contribution is 7.98. The van der Waals surface area contributed by atoms with E-state index < -0.39 is 0 Å². The average Bonchev–Trinajstić information content (AvgIpc) is 2.14. The van der Waals surface area contributed by atoms with Crippen molar-refractivity contribution in [3.63, 3.8) is 0 Å². The summed E-state index contributed by atoms with van der Waals surface area (Å²) in [6.45, 7) is 8.36. The first-order valence-corrected chi connectivity index (χ1v) is 7.65. The lowest BCUT2D eigenvalue weighted by Crippen LogP contribution is -2.39. The maximum absolute atomic E-state index is 3.75. The molecule has 1 saturated carbocycles. The lowest BCUT2D eigenvalue weighted by Gasteiger charge is -2.36. The fraction of sp³-hybridized carbons (Fsp3) is 1.00. The van der Waals surface area contributed by atoms with Crippen LogP contribution < -0.4 is 5.32 Å². The molecule has 0 aromatic carbocycles. The molecule has 90 valence electrons. The van der Waals surface area contributed by atoms with Gasteiger partial charge in [0.2, 0.25) is 0 Å². The Morgan fingerprint density at radius 2 is 2.20 bits per heavy atom. The minimum absolute atomic E-state index is 0.568. The predicted molar refractivity (Wildman–Crippen MR) is 71.6 cm³/mol. The molecule has 1 fully saturated rings. The van der Waals surface area contributed by atoms with Crippen molar-refractivity contribution in [2.45, 2.75) is 52.5 Å². The Balaban J connectivity index is 2.21. The van der Waals surface area contributed by atoms with E-state index in [-0.39, 0.29) is 0 Å². The summed E-state index contributed by atoms with van der Waals surface area (Å²) in [6, 6.07) is 0.776. The van der Waals surface area contributed by atoms with Crippen molar-refractivity contribution in [1.82, 2.24) is 5.32 Å². The summed E-state index contributed by atoms with van der Waals surface area (Å²) in [5.74, 6) is 2.09. The van der Waals surface area contributed by atoms with Gasteiger partial charge in [0, 0.05) is 6.04 Å². The molecule has 1 N–H and O–H groups in total. The van der Waals surface area contributed by atoms with E-state index in [4.69, 9.17) is 0 Å². The van der Waals surface area contributed by atoms with Gasteiger partial charge in [0.25, 0.3) is 0 Å². The summed E-state index contributed by atoms with van der Waals surface area (Å²) in [4.78, 5) is 0. The minimum Gasteiger partial charge on any atom is -0.314 e. The molecule has 0 aliphatic heterocycles. The summed E-state index contributed by atoms with van der Waals surface area (Å²) in [5.41, 5.74) is 0.568. The molecule has 0 radical (unpaired) electrons. The highest BCUT2D eigenvalue weighted by Crippen LogP contribution is 2.35. The number of hydrogen-bond acceptors (Lipinski definition) is 2. The van der Waals surface area contributed by atoms with Crippen molar-refractivity contribution in [1.29, 1.82) is 0 Å². The van der Waals surface area contributed by atoms with E-state index in [0.29, 0.717) is 5.41 Å². The van der Waals surface area contributed by atoms with Crippen molar-refractivity contribution < 1.29 is 0 Å². The molecule has 1 rings (SSSR count).